The Bertz CT molecular complexity index is 1380. The molecule has 3 aromatic heterocycles. The Kier molecular flexibility index (Phi) is 4.34. The molecular formula is C21H16ClFN4O3. The highest BCUT2D eigenvalue weighted by molar-refractivity contribution is 6.30. The maximum Gasteiger partial charge on any atom is 0.274 e. The fraction of sp³-hybridized carbons (Fsp3) is 0.190. The van der Waals surface area contributed by atoms with Crippen LogP contribution >= 0.6 is 11.6 Å². The molecule has 1 amide bonds. The summed E-state index contributed by atoms with van der Waals surface area (Å²) in [5, 5.41) is 1.37. The normalized spacial score (nSPS) is 16.0. The molecule has 1 aliphatic heterocycles. The molecule has 5 rings (SSSR count). The fourth-order valence-electron chi connectivity index (χ4n) is 3.92. The molecule has 1 atom stereocenters. The number of carbonyl (C=O) groups excluding carboxylic acids is 1. The molecule has 7 nitrogen and oxygen atoms in total. The van der Waals surface area contributed by atoms with Gasteiger partial charge in [0.15, 0.2) is 0 Å². The zero-order chi connectivity index (χ0) is 21.0. The third-order valence-corrected chi connectivity index (χ3v) is 5.61. The number of benzene rings is 1. The van der Waals surface area contributed by atoms with E-state index < -0.39 is 17.4 Å². The van der Waals surface area contributed by atoms with Crippen molar-refractivity contribution in [3.8, 4) is 0 Å². The molecule has 1 N–H and O–H groups in total. The van der Waals surface area contributed by atoms with Crippen LogP contribution in [0.25, 0.3) is 16.4 Å². The van der Waals surface area contributed by atoms with Crippen LogP contribution < -0.4 is 5.56 Å². The molecule has 4 heterocycles. The van der Waals surface area contributed by atoms with E-state index in [1.54, 1.807) is 42.0 Å². The molecule has 0 aliphatic carbocycles. The molecule has 30 heavy (non-hydrogen) atoms. The first kappa shape index (κ1) is 18.8. The van der Waals surface area contributed by atoms with Crippen LogP contribution in [-0.2, 0) is 11.3 Å². The summed E-state index contributed by atoms with van der Waals surface area (Å²) in [6.07, 6.45) is 3.29. The lowest BCUT2D eigenvalue weighted by Crippen LogP contribution is -2.37. The number of nitrogens with one attached hydrogen (secondary N) is 1. The Hall–Kier alpha value is -3.23. The van der Waals surface area contributed by atoms with Gasteiger partial charge in [-0.05, 0) is 29.7 Å². The van der Waals surface area contributed by atoms with Crippen LogP contribution in [-0.4, -0.2) is 38.8 Å². The first-order valence-electron chi connectivity index (χ1n) is 9.26. The smallest absolute Gasteiger partial charge is 0.274 e. The monoisotopic (exact) mass is 426 g/mol. The lowest BCUT2D eigenvalue weighted by Gasteiger charge is -2.33. The number of imidazole rings is 1. The summed E-state index contributed by atoms with van der Waals surface area (Å²) in [5.41, 5.74) is 1.79. The van der Waals surface area contributed by atoms with Gasteiger partial charge in [-0.2, -0.15) is 0 Å². The molecule has 9 heteroatoms. The van der Waals surface area contributed by atoms with Crippen molar-refractivity contribution < 1.29 is 13.9 Å². The molecule has 0 radical (unpaired) electrons. The number of aromatic nitrogens is 3. The van der Waals surface area contributed by atoms with Crippen LogP contribution in [0.5, 0.6) is 0 Å². The van der Waals surface area contributed by atoms with E-state index >= 15 is 0 Å². The number of hydrogen-bond acceptors (Lipinski definition) is 4. The second kappa shape index (κ2) is 6.93. The Labute approximate surface area is 174 Å². The molecule has 0 spiro atoms. The topological polar surface area (TPSA) is 79.7 Å². The summed E-state index contributed by atoms with van der Waals surface area (Å²) in [7, 11) is 1.66. The van der Waals surface area contributed by atoms with Crippen LogP contribution in [0.2, 0.25) is 5.02 Å². The van der Waals surface area contributed by atoms with Crippen molar-refractivity contribution in [3.63, 3.8) is 0 Å². The fourth-order valence-corrected chi connectivity index (χ4v) is 4.09. The number of fused-ring (bicyclic) bond motifs is 4. The van der Waals surface area contributed by atoms with E-state index in [1.807, 2.05) is 0 Å². The number of pyridine rings is 2. The van der Waals surface area contributed by atoms with Crippen molar-refractivity contribution in [2.75, 3.05) is 13.7 Å². The van der Waals surface area contributed by atoms with Crippen molar-refractivity contribution in [1.82, 2.24) is 19.3 Å². The van der Waals surface area contributed by atoms with E-state index in [0.717, 1.165) is 5.56 Å². The highest BCUT2D eigenvalue weighted by Gasteiger charge is 2.31. The molecule has 0 fully saturated rings. The number of rotatable bonds is 2. The van der Waals surface area contributed by atoms with Gasteiger partial charge >= 0.3 is 0 Å². The van der Waals surface area contributed by atoms with Gasteiger partial charge < -0.3 is 19.0 Å². The van der Waals surface area contributed by atoms with E-state index in [0.29, 0.717) is 21.7 Å². The van der Waals surface area contributed by atoms with Crippen LogP contribution in [0.1, 0.15) is 27.8 Å². The predicted octanol–water partition coefficient (Wildman–Crippen LogP) is 3.31. The number of amides is 1. The number of ether oxygens (including phenoxy) is 1. The predicted molar refractivity (Wildman–Crippen MR) is 109 cm³/mol. The number of halogens is 2. The van der Waals surface area contributed by atoms with Crippen molar-refractivity contribution in [3.05, 3.63) is 80.9 Å². The molecule has 0 saturated carbocycles. The number of nitrogens with zero attached hydrogens (tertiary/aromatic N) is 3. The summed E-state index contributed by atoms with van der Waals surface area (Å²) in [4.78, 5) is 34.3. The van der Waals surface area contributed by atoms with Crippen molar-refractivity contribution >= 4 is 33.9 Å². The van der Waals surface area contributed by atoms with Crippen LogP contribution in [0.4, 0.5) is 4.39 Å². The maximum absolute atomic E-state index is 13.7. The van der Waals surface area contributed by atoms with Crippen molar-refractivity contribution in [1.29, 1.82) is 0 Å². The summed E-state index contributed by atoms with van der Waals surface area (Å²) in [6.45, 7) is 0.455. The summed E-state index contributed by atoms with van der Waals surface area (Å²) >= 11 is 6.01. The van der Waals surface area contributed by atoms with E-state index in [4.69, 9.17) is 16.3 Å². The molecule has 0 unspecified atom stereocenters. The number of hydrogen-bond donors (Lipinski definition) is 1. The van der Waals surface area contributed by atoms with Gasteiger partial charge in [0.2, 0.25) is 0 Å². The third-order valence-electron chi connectivity index (χ3n) is 5.38. The van der Waals surface area contributed by atoms with Gasteiger partial charge in [0.1, 0.15) is 17.2 Å². The summed E-state index contributed by atoms with van der Waals surface area (Å²) in [6, 6.07) is 7.04. The van der Waals surface area contributed by atoms with E-state index in [9.17, 15) is 14.0 Å². The second-order valence-corrected chi connectivity index (χ2v) is 7.66. The standard InChI is InChI=1S/C21H16ClFN4O3/c1-26(21(29)15-8-27-7-11(22)2-5-18(27)24-15)17-10-30-9-16-19(17)13-4-3-12(23)6-14(13)20(28)25-16/h2-8,17H,9-10H2,1H3,(H,25,28)/t17-/m1/s1. The minimum atomic E-state index is -0.496. The molecule has 0 saturated heterocycles. The third kappa shape index (κ3) is 2.96. The van der Waals surface area contributed by atoms with E-state index in [-0.39, 0.29) is 30.2 Å². The number of aromatic amines is 1. The Balaban J connectivity index is 1.59. The highest BCUT2D eigenvalue weighted by Crippen LogP contribution is 2.33. The van der Waals surface area contributed by atoms with Crippen LogP contribution in [0, 0.1) is 5.82 Å². The summed E-state index contributed by atoms with van der Waals surface area (Å²) < 4.78 is 21.0. The lowest BCUT2D eigenvalue weighted by molar-refractivity contribution is 0.0333. The zero-order valence-corrected chi connectivity index (χ0v) is 16.6. The average molecular weight is 427 g/mol. The van der Waals surface area contributed by atoms with Gasteiger partial charge in [0, 0.05) is 30.7 Å². The molecule has 1 aliphatic rings. The van der Waals surface area contributed by atoms with Gasteiger partial charge in [0.05, 0.1) is 29.7 Å². The summed E-state index contributed by atoms with van der Waals surface area (Å²) in [5.74, 6) is -0.804. The van der Waals surface area contributed by atoms with Gasteiger partial charge in [-0.3, -0.25) is 9.59 Å². The van der Waals surface area contributed by atoms with E-state index in [1.165, 1.54) is 17.0 Å². The van der Waals surface area contributed by atoms with Gasteiger partial charge in [0.25, 0.3) is 11.5 Å². The van der Waals surface area contributed by atoms with Gasteiger partial charge in [-0.1, -0.05) is 17.7 Å². The van der Waals surface area contributed by atoms with Crippen LogP contribution in [0.3, 0.4) is 0 Å². The second-order valence-electron chi connectivity index (χ2n) is 7.22. The number of carbonyl (C=O) groups is 1. The molecule has 0 bridgehead atoms. The molecule has 4 aromatic rings. The minimum absolute atomic E-state index is 0.212. The maximum atomic E-state index is 13.7. The van der Waals surface area contributed by atoms with Crippen LogP contribution in [0.15, 0.2) is 47.5 Å². The lowest BCUT2D eigenvalue weighted by atomic mass is 9.95. The van der Waals surface area contributed by atoms with Gasteiger partial charge in [-0.15, -0.1) is 0 Å². The van der Waals surface area contributed by atoms with E-state index in [2.05, 4.69) is 9.97 Å². The Morgan fingerprint density at radius 2 is 2.13 bits per heavy atom. The van der Waals surface area contributed by atoms with Crippen molar-refractivity contribution in [2.45, 2.75) is 12.6 Å². The van der Waals surface area contributed by atoms with Crippen molar-refractivity contribution in [2.24, 2.45) is 0 Å². The highest BCUT2D eigenvalue weighted by atomic mass is 35.5. The quantitative estimate of drug-likeness (QED) is 0.533. The largest absolute Gasteiger partial charge is 0.373 e. The first-order chi connectivity index (χ1) is 14.4. The molecular weight excluding hydrogens is 411 g/mol. The Morgan fingerprint density at radius 1 is 1.30 bits per heavy atom. The number of H-pyrrole nitrogens is 1. The Morgan fingerprint density at radius 3 is 2.97 bits per heavy atom. The molecule has 152 valence electrons. The SMILES string of the molecule is CN(C(=O)c1cn2cc(Cl)ccc2n1)[C@@H]1COCc2[nH]c(=O)c3cc(F)ccc3c21. The first-order valence-corrected chi connectivity index (χ1v) is 9.63. The van der Waals surface area contributed by atoms with Gasteiger partial charge in [-0.25, -0.2) is 9.37 Å². The number of likely N-dealkylation sites (N-methyl/N-ethyl adjacent to an activating group) is 1. The zero-order valence-electron chi connectivity index (χ0n) is 15.9. The molecule has 1 aromatic carbocycles. The minimum Gasteiger partial charge on any atom is -0.373 e. The average Bonchev–Trinajstić information content (AvgIpc) is 3.15.